The van der Waals surface area contributed by atoms with Crippen LogP contribution in [0.1, 0.15) is 25.3 Å². The number of fused-ring (bicyclic) bond motifs is 1. The van der Waals surface area contributed by atoms with Gasteiger partial charge in [-0.2, -0.15) is 0 Å². The van der Waals surface area contributed by atoms with E-state index in [-0.39, 0.29) is 12.2 Å². The van der Waals surface area contributed by atoms with Gasteiger partial charge in [0.1, 0.15) is 0 Å². The van der Waals surface area contributed by atoms with E-state index in [1.54, 1.807) is 0 Å². The summed E-state index contributed by atoms with van der Waals surface area (Å²) in [6.07, 6.45) is 6.43. The van der Waals surface area contributed by atoms with E-state index in [9.17, 15) is 0 Å². The van der Waals surface area contributed by atoms with E-state index in [4.69, 9.17) is 9.47 Å². The zero-order valence-corrected chi connectivity index (χ0v) is 11.5. The molecule has 19 heavy (non-hydrogen) atoms. The number of rotatable bonds is 4. The van der Waals surface area contributed by atoms with Gasteiger partial charge in [-0.25, -0.2) is 0 Å². The van der Waals surface area contributed by atoms with Crippen molar-refractivity contribution in [2.24, 2.45) is 0 Å². The lowest BCUT2D eigenvalue weighted by Crippen LogP contribution is -2.51. The van der Waals surface area contributed by atoms with Gasteiger partial charge in [0.05, 0.1) is 25.4 Å². The van der Waals surface area contributed by atoms with E-state index in [1.165, 1.54) is 12.0 Å². The van der Waals surface area contributed by atoms with Gasteiger partial charge in [-0.1, -0.05) is 6.92 Å². The van der Waals surface area contributed by atoms with Crippen LogP contribution in [0.25, 0.3) is 0 Å². The number of pyridine rings is 1. The summed E-state index contributed by atoms with van der Waals surface area (Å²) in [6, 6.07) is 4.57. The first-order valence-corrected chi connectivity index (χ1v) is 7.24. The van der Waals surface area contributed by atoms with Gasteiger partial charge in [0.15, 0.2) is 0 Å². The van der Waals surface area contributed by atoms with Crippen LogP contribution in [0.2, 0.25) is 0 Å². The molecule has 2 fully saturated rings. The van der Waals surface area contributed by atoms with E-state index in [0.717, 1.165) is 26.1 Å². The SMILES string of the molecule is CCN1CCO[C@H]2[C@H](OCc3ccncc3)CC[C@@H]21. The molecule has 0 aromatic carbocycles. The van der Waals surface area contributed by atoms with E-state index < -0.39 is 0 Å². The third-order valence-corrected chi connectivity index (χ3v) is 4.27. The maximum absolute atomic E-state index is 6.07. The quantitative estimate of drug-likeness (QED) is 0.829. The molecular weight excluding hydrogens is 240 g/mol. The van der Waals surface area contributed by atoms with Crippen LogP contribution in [0.5, 0.6) is 0 Å². The second kappa shape index (κ2) is 5.99. The Hall–Kier alpha value is -0.970. The second-order valence-corrected chi connectivity index (χ2v) is 5.31. The molecule has 1 saturated heterocycles. The highest BCUT2D eigenvalue weighted by Gasteiger charge is 2.42. The fraction of sp³-hybridized carbons (Fsp3) is 0.667. The minimum Gasteiger partial charge on any atom is -0.373 e. The maximum atomic E-state index is 6.07. The molecule has 2 aliphatic rings. The summed E-state index contributed by atoms with van der Waals surface area (Å²) in [4.78, 5) is 6.56. The Balaban J connectivity index is 1.58. The Labute approximate surface area is 114 Å². The van der Waals surface area contributed by atoms with Crippen LogP contribution in [0.3, 0.4) is 0 Å². The first-order chi connectivity index (χ1) is 9.38. The number of aromatic nitrogens is 1. The van der Waals surface area contributed by atoms with Gasteiger partial charge >= 0.3 is 0 Å². The minimum atomic E-state index is 0.243. The van der Waals surface area contributed by atoms with Gasteiger partial charge in [-0.15, -0.1) is 0 Å². The molecule has 104 valence electrons. The number of hydrogen-bond donors (Lipinski definition) is 0. The number of nitrogens with zero attached hydrogens (tertiary/aromatic N) is 2. The van der Waals surface area contributed by atoms with Crippen LogP contribution in [-0.2, 0) is 16.1 Å². The Morgan fingerprint density at radius 2 is 2.21 bits per heavy atom. The average Bonchev–Trinajstić information content (AvgIpc) is 2.89. The Morgan fingerprint density at radius 1 is 1.37 bits per heavy atom. The fourth-order valence-electron chi connectivity index (χ4n) is 3.25. The molecule has 4 nitrogen and oxygen atoms in total. The van der Waals surface area contributed by atoms with Crippen LogP contribution in [-0.4, -0.2) is 47.8 Å². The van der Waals surface area contributed by atoms with Crippen LogP contribution in [0, 0.1) is 0 Å². The highest BCUT2D eigenvalue weighted by atomic mass is 16.5. The first-order valence-electron chi connectivity index (χ1n) is 7.24. The van der Waals surface area contributed by atoms with Gasteiger partial charge in [0.2, 0.25) is 0 Å². The summed E-state index contributed by atoms with van der Waals surface area (Å²) < 4.78 is 12.0. The molecule has 0 amide bonds. The van der Waals surface area contributed by atoms with E-state index in [1.807, 2.05) is 24.5 Å². The molecule has 4 heteroatoms. The molecule has 0 unspecified atom stereocenters. The van der Waals surface area contributed by atoms with Crippen molar-refractivity contribution in [1.82, 2.24) is 9.88 Å². The molecule has 0 spiro atoms. The normalized spacial score (nSPS) is 31.3. The van der Waals surface area contributed by atoms with Gasteiger partial charge in [0.25, 0.3) is 0 Å². The van der Waals surface area contributed by atoms with Crippen molar-refractivity contribution < 1.29 is 9.47 Å². The molecule has 1 saturated carbocycles. The molecule has 0 radical (unpaired) electrons. The molecule has 3 rings (SSSR count). The third-order valence-electron chi connectivity index (χ3n) is 4.27. The standard InChI is InChI=1S/C15H22N2O2/c1-2-17-9-10-18-15-13(17)3-4-14(15)19-11-12-5-7-16-8-6-12/h5-8,13-15H,2-4,9-11H2,1H3/t13-,14+,15+/m0/s1. The van der Waals surface area contributed by atoms with Crippen molar-refractivity contribution in [2.45, 2.75) is 44.6 Å². The highest BCUT2D eigenvalue weighted by molar-refractivity contribution is 5.08. The largest absolute Gasteiger partial charge is 0.373 e. The molecule has 2 heterocycles. The Bertz CT molecular complexity index is 398. The van der Waals surface area contributed by atoms with Crippen LogP contribution < -0.4 is 0 Å². The van der Waals surface area contributed by atoms with E-state index >= 15 is 0 Å². The van der Waals surface area contributed by atoms with Crippen LogP contribution in [0.4, 0.5) is 0 Å². The maximum Gasteiger partial charge on any atom is 0.0992 e. The lowest BCUT2D eigenvalue weighted by molar-refractivity contribution is -0.115. The Kier molecular flexibility index (Phi) is 4.11. The van der Waals surface area contributed by atoms with E-state index in [0.29, 0.717) is 12.6 Å². The van der Waals surface area contributed by atoms with Crippen molar-refractivity contribution >= 4 is 0 Å². The molecule has 0 bridgehead atoms. The molecule has 1 aliphatic carbocycles. The monoisotopic (exact) mass is 262 g/mol. The molecule has 1 aromatic rings. The summed E-state index contributed by atoms with van der Waals surface area (Å²) in [5.74, 6) is 0. The number of hydrogen-bond acceptors (Lipinski definition) is 4. The predicted molar refractivity (Wildman–Crippen MR) is 72.8 cm³/mol. The van der Waals surface area contributed by atoms with Crippen molar-refractivity contribution in [3.8, 4) is 0 Å². The van der Waals surface area contributed by atoms with E-state index in [2.05, 4.69) is 16.8 Å². The van der Waals surface area contributed by atoms with Crippen molar-refractivity contribution in [3.05, 3.63) is 30.1 Å². The first kappa shape index (κ1) is 13.0. The number of likely N-dealkylation sites (N-methyl/N-ethyl adjacent to an activating group) is 1. The molecule has 1 aromatic heterocycles. The van der Waals surface area contributed by atoms with Crippen LogP contribution in [0.15, 0.2) is 24.5 Å². The topological polar surface area (TPSA) is 34.6 Å². The summed E-state index contributed by atoms with van der Waals surface area (Å²) in [6.45, 7) is 5.90. The zero-order valence-electron chi connectivity index (χ0n) is 11.5. The van der Waals surface area contributed by atoms with Gasteiger partial charge in [0, 0.05) is 25.0 Å². The molecular formula is C15H22N2O2. The summed E-state index contributed by atoms with van der Waals surface area (Å²) >= 11 is 0. The van der Waals surface area contributed by atoms with Gasteiger partial charge in [-0.3, -0.25) is 9.88 Å². The van der Waals surface area contributed by atoms with Gasteiger partial charge in [-0.05, 0) is 37.1 Å². The fourth-order valence-corrected chi connectivity index (χ4v) is 3.25. The van der Waals surface area contributed by atoms with Crippen molar-refractivity contribution in [3.63, 3.8) is 0 Å². The third kappa shape index (κ3) is 2.81. The second-order valence-electron chi connectivity index (χ2n) is 5.31. The number of ether oxygens (including phenoxy) is 2. The molecule has 0 N–H and O–H groups in total. The zero-order chi connectivity index (χ0) is 13.1. The summed E-state index contributed by atoms with van der Waals surface area (Å²) in [5, 5.41) is 0. The smallest absolute Gasteiger partial charge is 0.0992 e. The minimum absolute atomic E-state index is 0.243. The Morgan fingerprint density at radius 3 is 3.00 bits per heavy atom. The number of morpholine rings is 1. The highest BCUT2D eigenvalue weighted by Crippen LogP contribution is 2.32. The average molecular weight is 262 g/mol. The lowest BCUT2D eigenvalue weighted by Gasteiger charge is -2.38. The summed E-state index contributed by atoms with van der Waals surface area (Å²) in [7, 11) is 0. The lowest BCUT2D eigenvalue weighted by atomic mass is 10.1. The summed E-state index contributed by atoms with van der Waals surface area (Å²) in [5.41, 5.74) is 1.18. The molecule has 1 aliphatic heterocycles. The van der Waals surface area contributed by atoms with Crippen molar-refractivity contribution in [2.75, 3.05) is 19.7 Å². The molecule has 3 atom stereocenters. The van der Waals surface area contributed by atoms with Crippen molar-refractivity contribution in [1.29, 1.82) is 0 Å². The van der Waals surface area contributed by atoms with Gasteiger partial charge < -0.3 is 9.47 Å². The predicted octanol–water partition coefficient (Wildman–Crippen LogP) is 1.85. The van der Waals surface area contributed by atoms with Crippen LogP contribution >= 0.6 is 0 Å².